The summed E-state index contributed by atoms with van der Waals surface area (Å²) < 4.78 is 1.90. The molecule has 86 valence electrons. The van der Waals surface area contributed by atoms with E-state index in [9.17, 15) is 5.26 Å². The molecule has 1 aromatic heterocycles. The number of aromatic nitrogens is 2. The quantitative estimate of drug-likeness (QED) is 0.817. The first kappa shape index (κ1) is 11.2. The minimum atomic E-state index is -0.416. The van der Waals surface area contributed by atoms with Crippen LogP contribution >= 0.6 is 0 Å². The van der Waals surface area contributed by atoms with Gasteiger partial charge in [0.05, 0.1) is 12.3 Å². The highest BCUT2D eigenvalue weighted by atomic mass is 15.3. The molecule has 1 aliphatic rings. The van der Waals surface area contributed by atoms with E-state index in [2.05, 4.69) is 16.5 Å². The maximum absolute atomic E-state index is 9.20. The van der Waals surface area contributed by atoms with Gasteiger partial charge in [-0.05, 0) is 38.7 Å². The van der Waals surface area contributed by atoms with Gasteiger partial charge in [-0.3, -0.25) is 10.00 Å². The zero-order chi connectivity index (χ0) is 11.6. The third-order valence-electron chi connectivity index (χ3n) is 2.95. The normalized spacial score (nSPS) is 19.1. The van der Waals surface area contributed by atoms with E-state index in [1.807, 2.05) is 30.9 Å². The molecule has 0 amide bonds. The smallest absolute Gasteiger partial charge is 0.105 e. The van der Waals surface area contributed by atoms with Crippen molar-refractivity contribution in [2.24, 2.45) is 0 Å². The topological polar surface area (TPSA) is 53.6 Å². The van der Waals surface area contributed by atoms with E-state index in [1.165, 1.54) is 12.8 Å². The molecule has 0 spiro atoms. The number of nitrogens with zero attached hydrogens (tertiary/aromatic N) is 3. The average Bonchev–Trinajstić information content (AvgIpc) is 2.97. The molecule has 0 radical (unpaired) electrons. The fourth-order valence-corrected chi connectivity index (χ4v) is 1.77. The summed E-state index contributed by atoms with van der Waals surface area (Å²) in [5.74, 6) is 0. The average molecular weight is 218 g/mol. The Hall–Kier alpha value is -1.34. The molecule has 1 unspecified atom stereocenters. The third kappa shape index (κ3) is 2.83. The molecular formula is C12H18N4. The van der Waals surface area contributed by atoms with E-state index in [0.717, 1.165) is 18.5 Å². The number of hydrogen-bond acceptors (Lipinski definition) is 3. The van der Waals surface area contributed by atoms with Gasteiger partial charge >= 0.3 is 0 Å². The summed E-state index contributed by atoms with van der Waals surface area (Å²) >= 11 is 0. The Labute approximate surface area is 96.3 Å². The van der Waals surface area contributed by atoms with Gasteiger partial charge < -0.3 is 0 Å². The molecule has 0 saturated heterocycles. The summed E-state index contributed by atoms with van der Waals surface area (Å²) in [6.07, 6.45) is 7.06. The Morgan fingerprint density at radius 2 is 2.44 bits per heavy atom. The summed E-state index contributed by atoms with van der Waals surface area (Å²) in [5.41, 5.74) is 0.745. The van der Waals surface area contributed by atoms with Gasteiger partial charge in [0.2, 0.25) is 0 Å². The van der Waals surface area contributed by atoms with Crippen LogP contribution in [0.5, 0.6) is 0 Å². The largest absolute Gasteiger partial charge is 0.297 e. The fourth-order valence-electron chi connectivity index (χ4n) is 1.77. The first-order valence-electron chi connectivity index (χ1n) is 5.79. The molecule has 0 aromatic carbocycles. The van der Waals surface area contributed by atoms with Crippen LogP contribution in [0.2, 0.25) is 0 Å². The van der Waals surface area contributed by atoms with Crippen LogP contribution in [0.15, 0.2) is 12.4 Å². The molecule has 16 heavy (non-hydrogen) atoms. The molecule has 4 heteroatoms. The van der Waals surface area contributed by atoms with Crippen molar-refractivity contribution in [3.05, 3.63) is 18.0 Å². The molecule has 0 aliphatic heterocycles. The van der Waals surface area contributed by atoms with Crippen molar-refractivity contribution >= 4 is 0 Å². The van der Waals surface area contributed by atoms with E-state index in [4.69, 9.17) is 0 Å². The van der Waals surface area contributed by atoms with Crippen molar-refractivity contribution in [3.63, 3.8) is 0 Å². The molecule has 1 aromatic rings. The van der Waals surface area contributed by atoms with Crippen molar-refractivity contribution in [3.8, 4) is 6.07 Å². The van der Waals surface area contributed by atoms with Crippen molar-refractivity contribution in [2.45, 2.75) is 51.2 Å². The van der Waals surface area contributed by atoms with E-state index < -0.39 is 5.54 Å². The highest BCUT2D eigenvalue weighted by molar-refractivity contribution is 5.07. The summed E-state index contributed by atoms with van der Waals surface area (Å²) in [5, 5.41) is 16.8. The summed E-state index contributed by atoms with van der Waals surface area (Å²) in [6, 6.07) is 2.93. The Kier molecular flexibility index (Phi) is 2.97. The minimum Gasteiger partial charge on any atom is -0.297 e. The zero-order valence-electron chi connectivity index (χ0n) is 9.90. The molecule has 1 aliphatic carbocycles. The van der Waals surface area contributed by atoms with E-state index >= 15 is 0 Å². The highest BCUT2D eigenvalue weighted by Gasteiger charge is 2.32. The van der Waals surface area contributed by atoms with Gasteiger partial charge in [0.1, 0.15) is 5.54 Å². The van der Waals surface area contributed by atoms with Crippen LogP contribution in [-0.4, -0.2) is 21.4 Å². The Balaban J connectivity index is 1.89. The Morgan fingerprint density at radius 3 is 2.94 bits per heavy atom. The molecule has 4 nitrogen and oxygen atoms in total. The standard InChI is InChI=1S/C12H18N4/c1-10-7-14-16(8-10)6-5-12(2,9-13)15-11-3-4-11/h7-8,11,15H,3-6H2,1-2H3. The Morgan fingerprint density at radius 1 is 1.69 bits per heavy atom. The monoisotopic (exact) mass is 218 g/mol. The third-order valence-corrected chi connectivity index (χ3v) is 2.95. The fraction of sp³-hybridized carbons (Fsp3) is 0.667. The van der Waals surface area contributed by atoms with Gasteiger partial charge in [0.25, 0.3) is 0 Å². The van der Waals surface area contributed by atoms with Crippen LogP contribution in [-0.2, 0) is 6.54 Å². The SMILES string of the molecule is Cc1cnn(CCC(C)(C#N)NC2CC2)c1. The summed E-state index contributed by atoms with van der Waals surface area (Å²) in [6.45, 7) is 4.79. The van der Waals surface area contributed by atoms with Gasteiger partial charge in [-0.1, -0.05) is 0 Å². The van der Waals surface area contributed by atoms with Crippen molar-refractivity contribution in [2.75, 3.05) is 0 Å². The van der Waals surface area contributed by atoms with Crippen LogP contribution in [0.3, 0.4) is 0 Å². The second-order valence-electron chi connectivity index (χ2n) is 4.89. The predicted octanol–water partition coefficient (Wildman–Crippen LogP) is 1.62. The maximum atomic E-state index is 9.20. The lowest BCUT2D eigenvalue weighted by atomic mass is 10.00. The molecule has 1 heterocycles. The van der Waals surface area contributed by atoms with Gasteiger partial charge in [-0.2, -0.15) is 10.4 Å². The second kappa shape index (κ2) is 4.26. The zero-order valence-corrected chi connectivity index (χ0v) is 9.90. The Bertz CT molecular complexity index is 399. The maximum Gasteiger partial charge on any atom is 0.105 e. The van der Waals surface area contributed by atoms with Crippen LogP contribution in [0, 0.1) is 18.3 Å². The first-order chi connectivity index (χ1) is 7.61. The van der Waals surface area contributed by atoms with Crippen LogP contribution < -0.4 is 5.32 Å². The minimum absolute atomic E-state index is 0.416. The van der Waals surface area contributed by atoms with E-state index in [0.29, 0.717) is 6.04 Å². The lowest BCUT2D eigenvalue weighted by molar-refractivity contribution is 0.379. The van der Waals surface area contributed by atoms with Crippen LogP contribution in [0.4, 0.5) is 0 Å². The number of aryl methyl sites for hydroxylation is 2. The van der Waals surface area contributed by atoms with Crippen LogP contribution in [0.25, 0.3) is 0 Å². The molecule has 1 saturated carbocycles. The summed E-state index contributed by atoms with van der Waals surface area (Å²) in [7, 11) is 0. The van der Waals surface area contributed by atoms with E-state index in [1.54, 1.807) is 0 Å². The van der Waals surface area contributed by atoms with Crippen molar-refractivity contribution < 1.29 is 0 Å². The van der Waals surface area contributed by atoms with Gasteiger partial charge in [-0.25, -0.2) is 0 Å². The lowest BCUT2D eigenvalue weighted by Gasteiger charge is -2.23. The highest BCUT2D eigenvalue weighted by Crippen LogP contribution is 2.23. The van der Waals surface area contributed by atoms with Crippen molar-refractivity contribution in [1.29, 1.82) is 5.26 Å². The van der Waals surface area contributed by atoms with Crippen molar-refractivity contribution in [1.82, 2.24) is 15.1 Å². The van der Waals surface area contributed by atoms with E-state index in [-0.39, 0.29) is 0 Å². The van der Waals surface area contributed by atoms with Gasteiger partial charge in [-0.15, -0.1) is 0 Å². The number of nitrogens with one attached hydrogen (secondary N) is 1. The van der Waals surface area contributed by atoms with Crippen LogP contribution in [0.1, 0.15) is 31.7 Å². The number of rotatable bonds is 5. The molecule has 1 atom stereocenters. The molecule has 1 N–H and O–H groups in total. The molecule has 0 bridgehead atoms. The van der Waals surface area contributed by atoms with Gasteiger partial charge in [0.15, 0.2) is 0 Å². The first-order valence-corrected chi connectivity index (χ1v) is 5.79. The lowest BCUT2D eigenvalue weighted by Crippen LogP contribution is -2.43. The molecular weight excluding hydrogens is 200 g/mol. The second-order valence-corrected chi connectivity index (χ2v) is 4.89. The summed E-state index contributed by atoms with van der Waals surface area (Å²) in [4.78, 5) is 0. The number of hydrogen-bond donors (Lipinski definition) is 1. The predicted molar refractivity (Wildman–Crippen MR) is 61.8 cm³/mol. The van der Waals surface area contributed by atoms with Gasteiger partial charge in [0, 0.05) is 18.8 Å². The molecule has 1 fully saturated rings. The number of nitriles is 1. The molecule has 2 rings (SSSR count).